The van der Waals surface area contributed by atoms with Crippen molar-refractivity contribution in [3.05, 3.63) is 29.6 Å². The number of hydrogen-bond donors (Lipinski definition) is 2. The van der Waals surface area contributed by atoms with Crippen LogP contribution in [0.3, 0.4) is 0 Å². The smallest absolute Gasteiger partial charge is 0.0474 e. The number of nitrogens with zero attached hydrogens (tertiary/aromatic N) is 1. The fourth-order valence-electron chi connectivity index (χ4n) is 1.17. The summed E-state index contributed by atoms with van der Waals surface area (Å²) in [5.41, 5.74) is 7.63. The number of rotatable bonds is 4. The number of aliphatic hydroxyl groups is 1. The quantitative estimate of drug-likeness (QED) is 0.709. The first-order chi connectivity index (χ1) is 6.26. The minimum absolute atomic E-state index is 0.143. The van der Waals surface area contributed by atoms with Crippen LogP contribution < -0.4 is 5.73 Å². The van der Waals surface area contributed by atoms with Crippen LogP contribution in [0.5, 0.6) is 0 Å². The van der Waals surface area contributed by atoms with Gasteiger partial charge in [0.15, 0.2) is 0 Å². The first-order valence-electron chi connectivity index (χ1n) is 4.48. The molecule has 0 aromatic carbocycles. The van der Waals surface area contributed by atoms with Crippen molar-refractivity contribution in [2.75, 3.05) is 13.2 Å². The average molecular weight is 180 g/mol. The third-order valence-corrected chi connectivity index (χ3v) is 2.09. The lowest BCUT2D eigenvalue weighted by atomic mass is 10.0. The molecule has 1 aromatic rings. The maximum Gasteiger partial charge on any atom is 0.0474 e. The van der Waals surface area contributed by atoms with Gasteiger partial charge >= 0.3 is 0 Å². The average Bonchev–Trinajstić information content (AvgIpc) is 2.17. The zero-order chi connectivity index (χ0) is 9.68. The van der Waals surface area contributed by atoms with Crippen LogP contribution in [0, 0.1) is 12.8 Å². The van der Waals surface area contributed by atoms with E-state index in [0.29, 0.717) is 6.54 Å². The van der Waals surface area contributed by atoms with Crippen LogP contribution in [-0.4, -0.2) is 23.2 Å². The number of hydrogen-bond acceptors (Lipinski definition) is 3. The molecule has 3 nitrogen and oxygen atoms in total. The van der Waals surface area contributed by atoms with Crippen LogP contribution in [-0.2, 0) is 6.42 Å². The van der Waals surface area contributed by atoms with Crippen LogP contribution in [0.2, 0.25) is 0 Å². The van der Waals surface area contributed by atoms with Crippen molar-refractivity contribution in [1.29, 1.82) is 0 Å². The Labute approximate surface area is 78.6 Å². The summed E-state index contributed by atoms with van der Waals surface area (Å²) in [5, 5.41) is 8.94. The van der Waals surface area contributed by atoms with Crippen LogP contribution in [0.15, 0.2) is 18.3 Å². The topological polar surface area (TPSA) is 59.1 Å². The monoisotopic (exact) mass is 180 g/mol. The Kier molecular flexibility index (Phi) is 3.86. The Balaban J connectivity index is 2.58. The molecule has 0 saturated carbocycles. The van der Waals surface area contributed by atoms with E-state index < -0.39 is 0 Å². The van der Waals surface area contributed by atoms with Crippen LogP contribution in [0.4, 0.5) is 0 Å². The van der Waals surface area contributed by atoms with E-state index in [9.17, 15) is 0 Å². The van der Waals surface area contributed by atoms with Crippen LogP contribution >= 0.6 is 0 Å². The zero-order valence-electron chi connectivity index (χ0n) is 7.90. The van der Waals surface area contributed by atoms with Gasteiger partial charge in [0.1, 0.15) is 0 Å². The summed E-state index contributed by atoms with van der Waals surface area (Å²) < 4.78 is 0. The van der Waals surface area contributed by atoms with E-state index in [0.717, 1.165) is 17.7 Å². The first-order valence-corrected chi connectivity index (χ1v) is 4.48. The van der Waals surface area contributed by atoms with E-state index in [-0.39, 0.29) is 12.5 Å². The summed E-state index contributed by atoms with van der Waals surface area (Å²) in [5.74, 6) is 0.157. The lowest BCUT2D eigenvalue weighted by molar-refractivity contribution is 0.229. The number of aromatic nitrogens is 1. The van der Waals surface area contributed by atoms with Crippen molar-refractivity contribution in [2.45, 2.75) is 13.3 Å². The lowest BCUT2D eigenvalue weighted by Gasteiger charge is -2.10. The number of pyridine rings is 1. The summed E-state index contributed by atoms with van der Waals surface area (Å²) >= 11 is 0. The van der Waals surface area contributed by atoms with Crippen LogP contribution in [0.25, 0.3) is 0 Å². The van der Waals surface area contributed by atoms with Gasteiger partial charge in [0, 0.05) is 18.5 Å². The first kappa shape index (κ1) is 10.2. The Morgan fingerprint density at radius 3 is 2.77 bits per heavy atom. The minimum atomic E-state index is 0.143. The highest BCUT2D eigenvalue weighted by Gasteiger charge is 2.05. The van der Waals surface area contributed by atoms with Gasteiger partial charge in [-0.1, -0.05) is 6.07 Å². The molecule has 0 amide bonds. The Hall–Kier alpha value is -0.930. The molecule has 0 spiro atoms. The summed E-state index contributed by atoms with van der Waals surface area (Å²) in [6.45, 7) is 2.62. The second kappa shape index (κ2) is 4.94. The molecular weight excluding hydrogens is 164 g/mol. The fourth-order valence-corrected chi connectivity index (χ4v) is 1.17. The molecule has 1 atom stereocenters. The summed E-state index contributed by atoms with van der Waals surface area (Å²) in [7, 11) is 0. The Morgan fingerprint density at radius 2 is 2.31 bits per heavy atom. The molecule has 1 rings (SSSR count). The van der Waals surface area contributed by atoms with Gasteiger partial charge < -0.3 is 10.8 Å². The predicted octanol–water partition coefficient (Wildman–Crippen LogP) is 0.500. The van der Waals surface area contributed by atoms with Gasteiger partial charge in [-0.25, -0.2) is 0 Å². The van der Waals surface area contributed by atoms with Gasteiger partial charge in [-0.05, 0) is 37.4 Å². The fraction of sp³-hybridized carbons (Fsp3) is 0.500. The molecule has 0 aliphatic heterocycles. The van der Waals surface area contributed by atoms with Gasteiger partial charge in [0.25, 0.3) is 0 Å². The summed E-state index contributed by atoms with van der Waals surface area (Å²) in [6, 6.07) is 4.00. The van der Waals surface area contributed by atoms with Crippen molar-refractivity contribution in [3.8, 4) is 0 Å². The molecule has 3 heteroatoms. The minimum Gasteiger partial charge on any atom is -0.396 e. The van der Waals surface area contributed by atoms with Crippen LogP contribution in [0.1, 0.15) is 11.3 Å². The van der Waals surface area contributed by atoms with Gasteiger partial charge in [-0.15, -0.1) is 0 Å². The van der Waals surface area contributed by atoms with Gasteiger partial charge in [-0.3, -0.25) is 4.98 Å². The van der Waals surface area contributed by atoms with Crippen molar-refractivity contribution >= 4 is 0 Å². The number of aliphatic hydroxyl groups excluding tert-OH is 1. The molecule has 0 fully saturated rings. The Bertz CT molecular complexity index is 242. The zero-order valence-corrected chi connectivity index (χ0v) is 7.90. The molecule has 13 heavy (non-hydrogen) atoms. The molecule has 0 aliphatic carbocycles. The van der Waals surface area contributed by atoms with Gasteiger partial charge in [0.2, 0.25) is 0 Å². The number of nitrogens with two attached hydrogens (primary N) is 1. The third-order valence-electron chi connectivity index (χ3n) is 2.09. The normalized spacial score (nSPS) is 12.8. The Morgan fingerprint density at radius 1 is 1.54 bits per heavy atom. The molecule has 1 heterocycles. The summed E-state index contributed by atoms with van der Waals surface area (Å²) in [4.78, 5) is 4.18. The molecule has 1 unspecified atom stereocenters. The van der Waals surface area contributed by atoms with Crippen molar-refractivity contribution in [2.24, 2.45) is 11.7 Å². The van der Waals surface area contributed by atoms with E-state index in [4.69, 9.17) is 10.8 Å². The highest BCUT2D eigenvalue weighted by molar-refractivity contribution is 5.13. The van der Waals surface area contributed by atoms with Crippen molar-refractivity contribution < 1.29 is 5.11 Å². The lowest BCUT2D eigenvalue weighted by Crippen LogP contribution is -2.20. The SMILES string of the molecule is Cc1ccc(CC(CN)CO)cn1. The van der Waals surface area contributed by atoms with E-state index >= 15 is 0 Å². The summed E-state index contributed by atoms with van der Waals surface area (Å²) in [6.07, 6.45) is 2.65. The molecule has 0 saturated heterocycles. The molecule has 0 aliphatic rings. The standard InChI is InChI=1S/C10H16N2O/c1-8-2-3-9(6-12-8)4-10(5-11)7-13/h2-3,6,10,13H,4-5,7,11H2,1H3. The highest BCUT2D eigenvalue weighted by Crippen LogP contribution is 2.06. The molecule has 72 valence electrons. The van der Waals surface area contributed by atoms with E-state index in [1.807, 2.05) is 25.3 Å². The third kappa shape index (κ3) is 3.13. The number of aryl methyl sites for hydroxylation is 1. The second-order valence-corrected chi connectivity index (χ2v) is 3.30. The molecule has 3 N–H and O–H groups in total. The van der Waals surface area contributed by atoms with E-state index in [2.05, 4.69) is 4.98 Å². The largest absolute Gasteiger partial charge is 0.396 e. The second-order valence-electron chi connectivity index (χ2n) is 3.30. The molecular formula is C10H16N2O. The maximum atomic E-state index is 8.94. The molecule has 0 bridgehead atoms. The van der Waals surface area contributed by atoms with Gasteiger partial charge in [-0.2, -0.15) is 0 Å². The van der Waals surface area contributed by atoms with Crippen molar-refractivity contribution in [1.82, 2.24) is 4.98 Å². The molecule has 0 radical (unpaired) electrons. The molecule has 1 aromatic heterocycles. The van der Waals surface area contributed by atoms with E-state index in [1.54, 1.807) is 0 Å². The van der Waals surface area contributed by atoms with Gasteiger partial charge in [0.05, 0.1) is 0 Å². The van der Waals surface area contributed by atoms with E-state index in [1.165, 1.54) is 0 Å². The predicted molar refractivity (Wildman–Crippen MR) is 52.3 cm³/mol. The highest BCUT2D eigenvalue weighted by atomic mass is 16.3. The maximum absolute atomic E-state index is 8.94. The van der Waals surface area contributed by atoms with Crippen molar-refractivity contribution in [3.63, 3.8) is 0 Å².